The van der Waals surface area contributed by atoms with Gasteiger partial charge in [-0.05, 0) is 122 Å². The van der Waals surface area contributed by atoms with Crippen LogP contribution in [0.3, 0.4) is 0 Å². The zero-order valence-electron chi connectivity index (χ0n) is 41.1. The van der Waals surface area contributed by atoms with E-state index in [-0.39, 0.29) is 34.7 Å². The van der Waals surface area contributed by atoms with Gasteiger partial charge in [0.05, 0.1) is 45.2 Å². The van der Waals surface area contributed by atoms with Crippen LogP contribution in [0.15, 0.2) is 61.4 Å². The lowest BCUT2D eigenvalue weighted by molar-refractivity contribution is -0.117. The number of carbonyl (C=O) groups is 2. The normalized spacial score (nSPS) is 19.8. The summed E-state index contributed by atoms with van der Waals surface area (Å²) in [5, 5.41) is 13.8. The molecule has 0 aliphatic heterocycles. The Balaban J connectivity index is 0.000000129. The Hall–Kier alpha value is -6.60. The van der Waals surface area contributed by atoms with Crippen molar-refractivity contribution < 1.29 is 11.0 Å². The number of aryl methyl sites for hydroxylation is 8. The van der Waals surface area contributed by atoms with Crippen molar-refractivity contribution in [2.75, 3.05) is 11.1 Å². The molecule has 3 fully saturated rings. The molecule has 0 saturated heterocycles. The second kappa shape index (κ2) is 20.2. The molecule has 20 heteroatoms. The van der Waals surface area contributed by atoms with Crippen LogP contribution < -0.4 is 5.73 Å². The van der Waals surface area contributed by atoms with Gasteiger partial charge in [0.15, 0.2) is 34.4 Å². The number of carbonyl (C=O) groups excluding carboxylic acids is 2. The van der Waals surface area contributed by atoms with Crippen molar-refractivity contribution in [3.63, 3.8) is 0 Å². The third-order valence-corrected chi connectivity index (χ3v) is 13.2. The van der Waals surface area contributed by atoms with Gasteiger partial charge in [-0.1, -0.05) is 29.8 Å². The quantitative estimate of drug-likeness (QED) is 0.117. The molecule has 3 aliphatic carbocycles. The number of halogens is 2. The average Bonchev–Trinajstić information content (AvgIpc) is 4.28. The molecule has 358 valence electrons. The smallest absolute Gasteiger partial charge is 0.225 e. The van der Waals surface area contributed by atoms with E-state index in [1.807, 2.05) is 75.8 Å². The standard InChI is InChI=1S/C18H18N6.C12H13BrN4O.C11H11ClN4O.C6H8N2.C2H6/c1-10-4-5-23-9-15(20-16(23)6-10)13-7-14(13)17-21-18-12(3)19-8-11(2)24(18)22-17;1-6-5-14-7(2)12-15-11(16-17(6)12)9-3-8(9)10(18)4-13;1-5-4-13-6(2)11-14-10(15-16(5)11)8-3-7(8)9(12)17;1-5-2-3-8-6(7)4-5;1-2/h4-6,8-9,13-14H,7H2,1-3H3;5,8-9H,3-4H2,1-2H3;4,7-8H,3H2,1-2H3;2-4H,1H3,(H2,7,8);1-2H3/i;;;;1D. The molecule has 0 spiro atoms. The molecular weight excluding hydrogens is 960 g/mol. The topological polar surface area (TPSA) is 220 Å². The molecule has 0 radical (unpaired) electrons. The second-order valence-corrected chi connectivity index (χ2v) is 18.6. The first-order valence-electron chi connectivity index (χ1n) is 23.5. The zero-order chi connectivity index (χ0) is 50.1. The first kappa shape index (κ1) is 47.5. The molecule has 0 aromatic carbocycles. The predicted molar refractivity (Wildman–Crippen MR) is 267 cm³/mol. The van der Waals surface area contributed by atoms with Gasteiger partial charge in [0.25, 0.3) is 0 Å². The zero-order valence-corrected chi connectivity index (χ0v) is 42.5. The molecular formula is C49H56BrClN16O2. The van der Waals surface area contributed by atoms with Crippen molar-refractivity contribution in [2.24, 2.45) is 11.8 Å². The predicted octanol–water partition coefficient (Wildman–Crippen LogP) is 8.39. The maximum atomic E-state index is 11.6. The number of nitrogens with two attached hydrogens (primary N) is 1. The van der Waals surface area contributed by atoms with Crippen molar-refractivity contribution in [3.8, 4) is 0 Å². The van der Waals surface area contributed by atoms with Crippen molar-refractivity contribution >= 4 is 67.0 Å². The van der Waals surface area contributed by atoms with Gasteiger partial charge in [0, 0.05) is 74.1 Å². The molecule has 2 N–H and O–H groups in total. The fourth-order valence-corrected chi connectivity index (χ4v) is 8.78. The first-order chi connectivity index (χ1) is 33.5. The highest BCUT2D eigenvalue weighted by atomic mass is 79.9. The molecule has 9 heterocycles. The number of anilines is 1. The molecule has 6 atom stereocenters. The van der Waals surface area contributed by atoms with Gasteiger partial charge in [-0.3, -0.25) is 24.5 Å². The van der Waals surface area contributed by atoms with Crippen molar-refractivity contribution in [1.29, 1.82) is 0 Å². The van der Waals surface area contributed by atoms with Gasteiger partial charge in [-0.15, -0.1) is 0 Å². The summed E-state index contributed by atoms with van der Waals surface area (Å²) in [6.45, 7) is 18.0. The molecule has 9 aromatic heterocycles. The highest BCUT2D eigenvalue weighted by Crippen LogP contribution is 2.53. The number of nitrogens with zero attached hydrogens (tertiary/aromatic N) is 15. The van der Waals surface area contributed by atoms with E-state index in [0.29, 0.717) is 35.7 Å². The van der Waals surface area contributed by atoms with Crippen LogP contribution in [0.1, 0.15) is 127 Å². The van der Waals surface area contributed by atoms with Gasteiger partial charge in [0.1, 0.15) is 17.2 Å². The number of fused-ring (bicyclic) bond motifs is 4. The minimum Gasteiger partial charge on any atom is -0.384 e. The van der Waals surface area contributed by atoms with E-state index < -0.39 is 0 Å². The number of nitrogen functional groups attached to an aromatic ring is 1. The number of pyridine rings is 2. The number of ketones is 1. The van der Waals surface area contributed by atoms with E-state index in [0.717, 1.165) is 98.9 Å². The summed E-state index contributed by atoms with van der Waals surface area (Å²) in [7, 11) is 0. The fourth-order valence-electron chi connectivity index (χ4n) is 8.12. The fraction of sp³-hybridized carbons (Fsp3) is 0.408. The van der Waals surface area contributed by atoms with E-state index in [1.54, 1.807) is 30.0 Å². The monoisotopic (exact) mass is 1020 g/mol. The van der Waals surface area contributed by atoms with Crippen LogP contribution >= 0.6 is 27.5 Å². The van der Waals surface area contributed by atoms with E-state index in [1.165, 1.54) is 5.56 Å². The van der Waals surface area contributed by atoms with Crippen molar-refractivity contribution in [1.82, 2.24) is 73.1 Å². The maximum Gasteiger partial charge on any atom is 0.225 e. The van der Waals surface area contributed by atoms with Crippen LogP contribution in [0.25, 0.3) is 22.6 Å². The number of rotatable bonds is 7. The van der Waals surface area contributed by atoms with Crippen LogP contribution in [0, 0.1) is 67.2 Å². The summed E-state index contributed by atoms with van der Waals surface area (Å²) in [4.78, 5) is 57.8. The SMILES string of the molecule is Cc1ccn2cc(C3CC3c3nc4c(C)ncc(C)n4n3)nc2c1.Cc1ccnc(N)c1.Cc1ncc(C)n2nc(C3CC3C(=O)CBr)nc12.Cc1ncc(C)n2nc(C3CC3C(=O)Cl)nc12.[2H]CC. The van der Waals surface area contributed by atoms with E-state index in [2.05, 4.69) is 91.9 Å². The molecule has 0 amide bonds. The maximum absolute atomic E-state index is 11.6. The summed E-state index contributed by atoms with van der Waals surface area (Å²) in [5.41, 5.74) is 17.8. The van der Waals surface area contributed by atoms with E-state index >= 15 is 0 Å². The Bertz CT molecular complexity index is 3250. The largest absolute Gasteiger partial charge is 0.384 e. The van der Waals surface area contributed by atoms with E-state index in [4.69, 9.17) is 33.8 Å². The van der Waals surface area contributed by atoms with Gasteiger partial charge in [0.2, 0.25) is 5.24 Å². The summed E-state index contributed by atoms with van der Waals surface area (Å²) in [6.07, 6.45) is 14.0. The molecule has 18 nitrogen and oxygen atoms in total. The molecule has 69 heavy (non-hydrogen) atoms. The average molecular weight is 1020 g/mol. The van der Waals surface area contributed by atoms with Crippen LogP contribution in [0.2, 0.25) is 0 Å². The number of Topliss-reactive ketones (excluding diaryl/α,β-unsaturated/α-hetero) is 1. The van der Waals surface area contributed by atoms with Crippen LogP contribution in [0.5, 0.6) is 0 Å². The summed E-state index contributed by atoms with van der Waals surface area (Å²) in [5.74, 6) is 4.23. The van der Waals surface area contributed by atoms with Gasteiger partial charge in [-0.2, -0.15) is 15.3 Å². The van der Waals surface area contributed by atoms with Crippen LogP contribution in [-0.4, -0.2) is 89.5 Å². The Labute approximate surface area is 414 Å². The molecule has 12 rings (SSSR count). The first-order valence-corrected chi connectivity index (χ1v) is 24.3. The van der Waals surface area contributed by atoms with Gasteiger partial charge in [-0.25, -0.2) is 38.5 Å². The Kier molecular flexibility index (Phi) is 13.9. The lowest BCUT2D eigenvalue weighted by atomic mass is 10.2. The summed E-state index contributed by atoms with van der Waals surface area (Å²) < 4.78 is 13.8. The van der Waals surface area contributed by atoms with Gasteiger partial charge >= 0.3 is 0 Å². The highest BCUT2D eigenvalue weighted by molar-refractivity contribution is 9.09. The lowest BCUT2D eigenvalue weighted by Crippen LogP contribution is -2.03. The van der Waals surface area contributed by atoms with Crippen LogP contribution in [0.4, 0.5) is 5.82 Å². The molecule has 9 aromatic rings. The summed E-state index contributed by atoms with van der Waals surface area (Å²) >= 11 is 8.68. The van der Waals surface area contributed by atoms with Crippen LogP contribution in [-0.2, 0) is 9.59 Å². The molecule has 0 bridgehead atoms. The third-order valence-electron chi connectivity index (χ3n) is 12.3. The number of imidazole rings is 1. The van der Waals surface area contributed by atoms with Crippen molar-refractivity contribution in [3.05, 3.63) is 130 Å². The second-order valence-electron chi connectivity index (χ2n) is 17.7. The Morgan fingerprint density at radius 3 is 1.59 bits per heavy atom. The minimum absolute atomic E-state index is 0.0821. The Morgan fingerprint density at radius 2 is 1.16 bits per heavy atom. The molecule has 3 aliphatic rings. The lowest BCUT2D eigenvalue weighted by Gasteiger charge is -1.97. The summed E-state index contributed by atoms with van der Waals surface area (Å²) in [6, 6.07) is 7.96. The molecule has 6 unspecified atom stereocenters. The third kappa shape index (κ3) is 10.5. The van der Waals surface area contributed by atoms with Gasteiger partial charge < -0.3 is 10.1 Å². The molecule has 3 saturated carbocycles. The Morgan fingerprint density at radius 1 is 0.681 bits per heavy atom. The number of aromatic nitrogens is 15. The number of alkyl halides is 1. The van der Waals surface area contributed by atoms with E-state index in [9.17, 15) is 9.59 Å². The highest BCUT2D eigenvalue weighted by Gasteiger charge is 2.47. The number of hydrogen-bond donors (Lipinski definition) is 1. The minimum atomic E-state index is -0.291. The van der Waals surface area contributed by atoms with Crippen molar-refractivity contribution in [2.45, 2.75) is 112 Å². The number of hydrogen-bond acceptors (Lipinski definition) is 14.